The van der Waals surface area contributed by atoms with Crippen LogP contribution < -0.4 is 16.0 Å². The molecular weight excluding hydrogens is 302 g/mol. The van der Waals surface area contributed by atoms with Gasteiger partial charge < -0.3 is 20.1 Å². The van der Waals surface area contributed by atoms with Crippen molar-refractivity contribution in [3.8, 4) is 0 Å². The zero-order valence-electron chi connectivity index (χ0n) is 15.0. The van der Waals surface area contributed by atoms with Gasteiger partial charge in [-0.15, -0.1) is 0 Å². The van der Waals surface area contributed by atoms with Crippen LogP contribution in [0.3, 0.4) is 0 Å². The maximum atomic E-state index is 11.8. The van der Waals surface area contributed by atoms with Gasteiger partial charge in [-0.2, -0.15) is 0 Å². The van der Waals surface area contributed by atoms with Crippen LogP contribution in [0.15, 0.2) is 0 Å². The summed E-state index contributed by atoms with van der Waals surface area (Å²) in [5.74, 6) is -0.503. The van der Waals surface area contributed by atoms with Gasteiger partial charge in [-0.25, -0.2) is 9.59 Å². The van der Waals surface area contributed by atoms with Crippen molar-refractivity contribution in [2.75, 3.05) is 13.1 Å². The summed E-state index contributed by atoms with van der Waals surface area (Å²) >= 11 is 0. The van der Waals surface area contributed by atoms with Crippen LogP contribution in [0.1, 0.15) is 48.5 Å². The van der Waals surface area contributed by atoms with E-state index < -0.39 is 35.3 Å². The van der Waals surface area contributed by atoms with E-state index in [0.717, 1.165) is 0 Å². The van der Waals surface area contributed by atoms with Crippen molar-refractivity contribution in [1.82, 2.24) is 16.0 Å². The summed E-state index contributed by atoms with van der Waals surface area (Å²) in [6.07, 6.45) is -1.31. The largest absolute Gasteiger partial charge is 0.444 e. The highest BCUT2D eigenvalue weighted by Gasteiger charge is 2.21. The number of carbonyl (C=O) groups excluding carboxylic acids is 3. The number of alkyl carbamates (subject to hydrolysis) is 2. The van der Waals surface area contributed by atoms with E-state index in [1.165, 1.54) is 0 Å². The van der Waals surface area contributed by atoms with E-state index >= 15 is 0 Å². The molecule has 0 radical (unpaired) electrons. The Kier molecular flexibility index (Phi) is 8.02. The second kappa shape index (κ2) is 8.71. The number of imide groups is 1. The van der Waals surface area contributed by atoms with E-state index in [1.54, 1.807) is 48.5 Å². The van der Waals surface area contributed by atoms with Crippen LogP contribution in [0.25, 0.3) is 0 Å². The van der Waals surface area contributed by atoms with Crippen LogP contribution in [0.5, 0.6) is 0 Å². The number of hydrogen-bond acceptors (Lipinski definition) is 6. The summed E-state index contributed by atoms with van der Waals surface area (Å²) in [7, 11) is 0. The maximum Gasteiger partial charge on any atom is 0.414 e. The topological polar surface area (TPSA) is 106 Å². The lowest BCUT2D eigenvalue weighted by Gasteiger charge is -2.21. The highest BCUT2D eigenvalue weighted by molar-refractivity contribution is 5.94. The summed E-state index contributed by atoms with van der Waals surface area (Å²) in [6, 6.07) is -0.608. The molecule has 0 heterocycles. The lowest BCUT2D eigenvalue weighted by molar-refractivity contribution is -0.122. The molecule has 3 amide bonds. The highest BCUT2D eigenvalue weighted by atomic mass is 16.6. The molecule has 0 bridgehead atoms. The minimum atomic E-state index is -0.789. The quantitative estimate of drug-likeness (QED) is 0.660. The van der Waals surface area contributed by atoms with Gasteiger partial charge >= 0.3 is 12.2 Å². The molecule has 8 nitrogen and oxygen atoms in total. The molecule has 0 unspecified atom stereocenters. The molecule has 3 N–H and O–H groups in total. The SMILES string of the molecule is C[C@H](NCCNC(=O)OC(C)(C)C)C(=O)NC(=O)OC(C)(C)C. The molecule has 8 heteroatoms. The van der Waals surface area contributed by atoms with Gasteiger partial charge in [-0.1, -0.05) is 0 Å². The van der Waals surface area contributed by atoms with E-state index in [-0.39, 0.29) is 0 Å². The third kappa shape index (κ3) is 12.4. The Labute approximate surface area is 137 Å². The first-order valence-electron chi connectivity index (χ1n) is 7.54. The van der Waals surface area contributed by atoms with Gasteiger partial charge in [-0.3, -0.25) is 10.1 Å². The average Bonchev–Trinajstić information content (AvgIpc) is 2.29. The summed E-state index contributed by atoms with van der Waals surface area (Å²) in [6.45, 7) is 12.7. The number of amides is 3. The molecule has 0 saturated carbocycles. The van der Waals surface area contributed by atoms with Crippen molar-refractivity contribution in [3.63, 3.8) is 0 Å². The lowest BCUT2D eigenvalue weighted by Crippen LogP contribution is -2.47. The molecule has 0 spiro atoms. The lowest BCUT2D eigenvalue weighted by atomic mass is 10.2. The van der Waals surface area contributed by atoms with Crippen molar-refractivity contribution in [2.45, 2.75) is 65.7 Å². The molecule has 0 aliphatic heterocycles. The Bertz CT molecular complexity index is 424. The molecular formula is C15H29N3O5. The average molecular weight is 331 g/mol. The number of nitrogens with one attached hydrogen (secondary N) is 3. The minimum Gasteiger partial charge on any atom is -0.444 e. The van der Waals surface area contributed by atoms with E-state index in [2.05, 4.69) is 16.0 Å². The molecule has 0 fully saturated rings. The van der Waals surface area contributed by atoms with Gasteiger partial charge in [0.05, 0.1) is 6.04 Å². The molecule has 0 saturated heterocycles. The van der Waals surface area contributed by atoms with Gasteiger partial charge in [-0.05, 0) is 48.5 Å². The molecule has 1 atom stereocenters. The van der Waals surface area contributed by atoms with Gasteiger partial charge in [0.2, 0.25) is 5.91 Å². The van der Waals surface area contributed by atoms with Gasteiger partial charge in [0, 0.05) is 13.1 Å². The van der Waals surface area contributed by atoms with Crippen molar-refractivity contribution >= 4 is 18.1 Å². The first-order chi connectivity index (χ1) is 10.3. The predicted molar refractivity (Wildman–Crippen MR) is 86.1 cm³/mol. The Morgan fingerprint density at radius 3 is 1.83 bits per heavy atom. The first kappa shape index (κ1) is 21.2. The van der Waals surface area contributed by atoms with Gasteiger partial charge in [0.25, 0.3) is 0 Å². The normalized spacial score (nSPS) is 13.0. The zero-order chi connectivity index (χ0) is 18.3. The molecule has 0 aromatic heterocycles. The molecule has 0 rings (SSSR count). The van der Waals surface area contributed by atoms with Crippen molar-refractivity contribution < 1.29 is 23.9 Å². The first-order valence-corrected chi connectivity index (χ1v) is 7.54. The van der Waals surface area contributed by atoms with Gasteiger partial charge in [0.15, 0.2) is 0 Å². The van der Waals surface area contributed by atoms with Crippen molar-refractivity contribution in [2.24, 2.45) is 0 Å². The highest BCUT2D eigenvalue weighted by Crippen LogP contribution is 2.06. The summed E-state index contributed by atoms with van der Waals surface area (Å²) < 4.78 is 10.1. The fourth-order valence-corrected chi connectivity index (χ4v) is 1.37. The summed E-state index contributed by atoms with van der Waals surface area (Å²) in [5.41, 5.74) is -1.23. The van der Waals surface area contributed by atoms with E-state index in [0.29, 0.717) is 13.1 Å². The minimum absolute atomic E-state index is 0.291. The van der Waals surface area contributed by atoms with Crippen LogP contribution in [0.2, 0.25) is 0 Å². The maximum absolute atomic E-state index is 11.8. The number of carbonyl (C=O) groups is 3. The third-order valence-corrected chi connectivity index (χ3v) is 2.26. The van der Waals surface area contributed by atoms with Crippen molar-refractivity contribution in [3.05, 3.63) is 0 Å². The van der Waals surface area contributed by atoms with Crippen LogP contribution in [0, 0.1) is 0 Å². The Balaban J connectivity index is 3.98. The van der Waals surface area contributed by atoms with Crippen molar-refractivity contribution in [1.29, 1.82) is 0 Å². The van der Waals surface area contributed by atoms with Crippen LogP contribution in [-0.2, 0) is 14.3 Å². The monoisotopic (exact) mass is 331 g/mol. The van der Waals surface area contributed by atoms with E-state index in [1.807, 2.05) is 0 Å². The Hall–Kier alpha value is -1.83. The smallest absolute Gasteiger partial charge is 0.414 e. The van der Waals surface area contributed by atoms with E-state index in [4.69, 9.17) is 9.47 Å². The summed E-state index contributed by atoms with van der Waals surface area (Å²) in [4.78, 5) is 34.7. The Morgan fingerprint density at radius 2 is 1.35 bits per heavy atom. The molecule has 134 valence electrons. The Morgan fingerprint density at radius 1 is 0.870 bits per heavy atom. The van der Waals surface area contributed by atoms with E-state index in [9.17, 15) is 14.4 Å². The summed E-state index contributed by atoms with van der Waals surface area (Å²) in [5, 5.41) is 7.58. The second-order valence-corrected chi connectivity index (χ2v) is 7.10. The van der Waals surface area contributed by atoms with Crippen LogP contribution in [0.4, 0.5) is 9.59 Å². The van der Waals surface area contributed by atoms with Crippen LogP contribution in [-0.4, -0.2) is 48.4 Å². The molecule has 23 heavy (non-hydrogen) atoms. The second-order valence-electron chi connectivity index (χ2n) is 7.10. The predicted octanol–water partition coefficient (Wildman–Crippen LogP) is 1.54. The fraction of sp³-hybridized carbons (Fsp3) is 0.800. The third-order valence-electron chi connectivity index (χ3n) is 2.26. The molecule has 0 aromatic rings. The number of ether oxygens (including phenoxy) is 2. The number of rotatable bonds is 5. The fourth-order valence-electron chi connectivity index (χ4n) is 1.37. The molecule has 0 aromatic carbocycles. The number of hydrogen-bond donors (Lipinski definition) is 3. The molecule has 0 aliphatic rings. The van der Waals surface area contributed by atoms with Gasteiger partial charge in [0.1, 0.15) is 11.2 Å². The molecule has 0 aliphatic carbocycles. The van der Waals surface area contributed by atoms with Crippen LogP contribution >= 0.6 is 0 Å². The standard InChI is InChI=1S/C15H29N3O5/c1-10(11(19)18-13(21)23-15(5,6)7)16-8-9-17-12(20)22-14(2,3)4/h10,16H,8-9H2,1-7H3,(H,17,20)(H,18,19,21)/t10-/m0/s1. The zero-order valence-corrected chi connectivity index (χ0v) is 15.0.